The number of H-pyrrole nitrogens is 1. The highest BCUT2D eigenvalue weighted by Gasteiger charge is 2.33. The minimum atomic E-state index is -0.402. The fraction of sp³-hybridized carbons (Fsp3) is 0.615. The van der Waals surface area contributed by atoms with Crippen molar-refractivity contribution in [3.63, 3.8) is 0 Å². The van der Waals surface area contributed by atoms with Crippen LogP contribution in [0, 0.1) is 0 Å². The van der Waals surface area contributed by atoms with Gasteiger partial charge in [0, 0.05) is 19.8 Å². The van der Waals surface area contributed by atoms with E-state index in [9.17, 15) is 5.11 Å². The Balaban J connectivity index is 1.96. The molecule has 2 aromatic heterocycles. The first-order valence-corrected chi connectivity index (χ1v) is 7.18. The van der Waals surface area contributed by atoms with Gasteiger partial charge in [-0.2, -0.15) is 15.1 Å². The lowest BCUT2D eigenvalue weighted by molar-refractivity contribution is 0.0379. The van der Waals surface area contributed by atoms with Crippen molar-refractivity contribution in [2.45, 2.75) is 25.3 Å². The maximum Gasteiger partial charge on any atom is 0.226 e. The van der Waals surface area contributed by atoms with Gasteiger partial charge in [0.1, 0.15) is 5.82 Å². The van der Waals surface area contributed by atoms with E-state index in [1.807, 2.05) is 6.92 Å². The first kappa shape index (κ1) is 14.0. The molecule has 8 heteroatoms. The maximum absolute atomic E-state index is 9.80. The molecule has 0 amide bonds. The summed E-state index contributed by atoms with van der Waals surface area (Å²) in [5.41, 5.74) is 0.268. The van der Waals surface area contributed by atoms with Gasteiger partial charge in [0.05, 0.1) is 23.7 Å². The lowest BCUT2D eigenvalue weighted by Crippen LogP contribution is -2.47. The Bertz CT molecular complexity index is 608. The van der Waals surface area contributed by atoms with Gasteiger partial charge in [-0.15, -0.1) is 0 Å². The van der Waals surface area contributed by atoms with Crippen LogP contribution in [0.5, 0.6) is 0 Å². The molecule has 0 aromatic carbocycles. The fourth-order valence-corrected chi connectivity index (χ4v) is 2.50. The lowest BCUT2D eigenvalue weighted by Gasteiger charge is -2.36. The van der Waals surface area contributed by atoms with E-state index >= 15 is 0 Å². The third kappa shape index (κ3) is 2.77. The molecule has 1 aliphatic rings. The molecule has 0 bridgehead atoms. The molecule has 0 aliphatic carbocycles. The standard InChI is InChI=1S/C13H20N6O2/c1-2-14-12-16-10(9-7-15-19-11(9)17-12)18-13(8-20)3-5-21-6-4-13/h7,20H,2-6,8H2,1H3,(H3,14,15,16,17,18,19). The van der Waals surface area contributed by atoms with Crippen molar-refractivity contribution in [3.05, 3.63) is 6.20 Å². The molecule has 1 saturated heterocycles. The molecule has 8 nitrogen and oxygen atoms in total. The minimum Gasteiger partial charge on any atom is -0.394 e. The summed E-state index contributed by atoms with van der Waals surface area (Å²) in [5, 5.41) is 24.0. The number of anilines is 2. The van der Waals surface area contributed by atoms with E-state index in [1.165, 1.54) is 0 Å². The zero-order valence-electron chi connectivity index (χ0n) is 12.0. The zero-order valence-corrected chi connectivity index (χ0v) is 12.0. The molecule has 114 valence electrons. The maximum atomic E-state index is 9.80. The summed E-state index contributed by atoms with van der Waals surface area (Å²) in [4.78, 5) is 8.86. The Labute approximate surface area is 122 Å². The van der Waals surface area contributed by atoms with Crippen LogP contribution < -0.4 is 10.6 Å². The summed E-state index contributed by atoms with van der Waals surface area (Å²) >= 11 is 0. The van der Waals surface area contributed by atoms with E-state index in [0.717, 1.165) is 24.8 Å². The quantitative estimate of drug-likeness (QED) is 0.643. The number of aliphatic hydroxyl groups excluding tert-OH is 1. The Kier molecular flexibility index (Phi) is 3.89. The van der Waals surface area contributed by atoms with Crippen molar-refractivity contribution in [1.82, 2.24) is 20.2 Å². The highest BCUT2D eigenvalue weighted by atomic mass is 16.5. The molecule has 1 fully saturated rings. The van der Waals surface area contributed by atoms with E-state index < -0.39 is 5.54 Å². The van der Waals surface area contributed by atoms with Crippen LogP contribution in [0.2, 0.25) is 0 Å². The summed E-state index contributed by atoms with van der Waals surface area (Å²) in [6, 6.07) is 0. The Morgan fingerprint density at radius 1 is 1.38 bits per heavy atom. The molecule has 0 spiro atoms. The van der Waals surface area contributed by atoms with Crippen molar-refractivity contribution in [3.8, 4) is 0 Å². The number of aromatic amines is 1. The fourth-order valence-electron chi connectivity index (χ4n) is 2.50. The highest BCUT2D eigenvalue weighted by molar-refractivity contribution is 5.87. The Hall–Kier alpha value is -1.93. The predicted octanol–water partition coefficient (Wildman–Crippen LogP) is 0.738. The van der Waals surface area contributed by atoms with Crippen LogP contribution in [-0.2, 0) is 4.74 Å². The number of aromatic nitrogens is 4. The van der Waals surface area contributed by atoms with Gasteiger partial charge in [-0.05, 0) is 19.8 Å². The summed E-state index contributed by atoms with van der Waals surface area (Å²) in [6.45, 7) is 4.02. The molecule has 4 N–H and O–H groups in total. The van der Waals surface area contributed by atoms with Crippen molar-refractivity contribution in [2.24, 2.45) is 0 Å². The molecule has 3 heterocycles. The third-order valence-electron chi connectivity index (χ3n) is 3.78. The molecule has 3 rings (SSSR count). The predicted molar refractivity (Wildman–Crippen MR) is 79.3 cm³/mol. The van der Waals surface area contributed by atoms with E-state index in [4.69, 9.17) is 4.74 Å². The number of fused-ring (bicyclic) bond motifs is 1. The lowest BCUT2D eigenvalue weighted by atomic mass is 9.91. The second-order valence-corrected chi connectivity index (χ2v) is 5.23. The normalized spacial score (nSPS) is 17.8. The topological polar surface area (TPSA) is 108 Å². The summed E-state index contributed by atoms with van der Waals surface area (Å²) in [5.74, 6) is 1.22. The van der Waals surface area contributed by atoms with Crippen LogP contribution in [0.15, 0.2) is 6.20 Å². The number of nitrogens with one attached hydrogen (secondary N) is 3. The van der Waals surface area contributed by atoms with E-state index in [0.29, 0.717) is 30.6 Å². The van der Waals surface area contributed by atoms with Crippen LogP contribution in [0.25, 0.3) is 11.0 Å². The molecule has 0 saturated carbocycles. The molecular formula is C13H20N6O2. The van der Waals surface area contributed by atoms with Gasteiger partial charge in [-0.1, -0.05) is 0 Å². The first-order valence-electron chi connectivity index (χ1n) is 7.18. The summed E-state index contributed by atoms with van der Waals surface area (Å²) < 4.78 is 5.38. The highest BCUT2D eigenvalue weighted by Crippen LogP contribution is 2.28. The van der Waals surface area contributed by atoms with Gasteiger partial charge in [0.15, 0.2) is 5.65 Å². The number of hydrogen-bond donors (Lipinski definition) is 4. The summed E-state index contributed by atoms with van der Waals surface area (Å²) in [7, 11) is 0. The van der Waals surface area contributed by atoms with Crippen LogP contribution in [0.1, 0.15) is 19.8 Å². The average molecular weight is 292 g/mol. The monoisotopic (exact) mass is 292 g/mol. The van der Waals surface area contributed by atoms with E-state index in [-0.39, 0.29) is 6.61 Å². The van der Waals surface area contributed by atoms with Crippen LogP contribution in [-0.4, -0.2) is 57.2 Å². The van der Waals surface area contributed by atoms with Crippen LogP contribution >= 0.6 is 0 Å². The molecule has 0 atom stereocenters. The second kappa shape index (κ2) is 5.82. The van der Waals surface area contributed by atoms with Crippen molar-refractivity contribution in [2.75, 3.05) is 37.0 Å². The number of aliphatic hydroxyl groups is 1. The number of nitrogens with zero attached hydrogens (tertiary/aromatic N) is 3. The molecular weight excluding hydrogens is 272 g/mol. The Morgan fingerprint density at radius 3 is 2.90 bits per heavy atom. The van der Waals surface area contributed by atoms with Crippen LogP contribution in [0.3, 0.4) is 0 Å². The van der Waals surface area contributed by atoms with Crippen LogP contribution in [0.4, 0.5) is 11.8 Å². The summed E-state index contributed by atoms with van der Waals surface area (Å²) in [6.07, 6.45) is 3.17. The van der Waals surface area contributed by atoms with Gasteiger partial charge < -0.3 is 20.5 Å². The first-order chi connectivity index (χ1) is 10.3. The number of rotatable bonds is 5. The van der Waals surface area contributed by atoms with Gasteiger partial charge in [0.25, 0.3) is 0 Å². The number of hydrogen-bond acceptors (Lipinski definition) is 7. The SMILES string of the molecule is CCNc1nc(NC2(CO)CCOCC2)c2cn[nH]c2n1. The van der Waals surface area contributed by atoms with E-state index in [1.54, 1.807) is 6.20 Å². The van der Waals surface area contributed by atoms with Crippen molar-refractivity contribution < 1.29 is 9.84 Å². The molecule has 21 heavy (non-hydrogen) atoms. The number of ether oxygens (including phenoxy) is 1. The van der Waals surface area contributed by atoms with Crippen molar-refractivity contribution >= 4 is 22.8 Å². The zero-order chi connectivity index (χ0) is 14.7. The Morgan fingerprint density at radius 2 is 2.19 bits per heavy atom. The third-order valence-corrected chi connectivity index (χ3v) is 3.78. The minimum absolute atomic E-state index is 0.0379. The smallest absolute Gasteiger partial charge is 0.226 e. The molecule has 0 unspecified atom stereocenters. The molecule has 2 aromatic rings. The largest absolute Gasteiger partial charge is 0.394 e. The van der Waals surface area contributed by atoms with Gasteiger partial charge in [-0.3, -0.25) is 5.10 Å². The van der Waals surface area contributed by atoms with E-state index in [2.05, 4.69) is 30.8 Å². The average Bonchev–Trinajstić information content (AvgIpc) is 2.97. The van der Waals surface area contributed by atoms with Crippen molar-refractivity contribution in [1.29, 1.82) is 0 Å². The van der Waals surface area contributed by atoms with Gasteiger partial charge in [0.2, 0.25) is 5.95 Å². The van der Waals surface area contributed by atoms with Gasteiger partial charge >= 0.3 is 0 Å². The molecule has 0 radical (unpaired) electrons. The second-order valence-electron chi connectivity index (χ2n) is 5.23. The molecule has 1 aliphatic heterocycles. The van der Waals surface area contributed by atoms with Gasteiger partial charge in [-0.25, -0.2) is 0 Å².